The first-order chi connectivity index (χ1) is 14.1. The van der Waals surface area contributed by atoms with Crippen LogP contribution in [0.1, 0.15) is 24.2 Å². The van der Waals surface area contributed by atoms with E-state index in [0.29, 0.717) is 10.2 Å². The first-order valence-electron chi connectivity index (χ1n) is 9.03. The molecule has 0 fully saturated rings. The van der Waals surface area contributed by atoms with Gasteiger partial charge >= 0.3 is 0 Å². The van der Waals surface area contributed by atoms with E-state index in [-0.39, 0.29) is 21.5 Å². The van der Waals surface area contributed by atoms with Crippen LogP contribution in [0.25, 0.3) is 10.2 Å². The summed E-state index contributed by atoms with van der Waals surface area (Å²) in [7, 11) is -3.36. The Morgan fingerprint density at radius 3 is 2.47 bits per heavy atom. The quantitative estimate of drug-likeness (QED) is 0.601. The number of benzene rings is 2. The molecule has 10 heteroatoms. The van der Waals surface area contributed by atoms with E-state index in [2.05, 4.69) is 15.6 Å². The highest BCUT2D eigenvalue weighted by Gasteiger charge is 2.26. The van der Waals surface area contributed by atoms with Crippen LogP contribution in [-0.4, -0.2) is 37.5 Å². The molecule has 158 valence electrons. The van der Waals surface area contributed by atoms with Gasteiger partial charge in [0, 0.05) is 6.26 Å². The molecule has 0 aliphatic heterocycles. The lowest BCUT2D eigenvalue weighted by atomic mass is 10.0. The summed E-state index contributed by atoms with van der Waals surface area (Å²) in [6.07, 6.45) is 1.11. The number of anilines is 1. The van der Waals surface area contributed by atoms with Gasteiger partial charge in [-0.1, -0.05) is 37.3 Å². The molecule has 2 aromatic carbocycles. The third-order valence-electron chi connectivity index (χ3n) is 4.37. The lowest BCUT2D eigenvalue weighted by Crippen LogP contribution is -2.47. The zero-order chi connectivity index (χ0) is 22.1. The standard InChI is InChI=1S/C20H20FN3O4S2/c1-11(2)17(23-18(25)13-6-4-5-7-14(13)21)19(26)24-20-22-15-9-8-12(30(3,27)28)10-16(15)29-20/h4-11,17H,1-3H3,(H,23,25)(H,22,24,26)/t17-/m0/s1. The maximum absolute atomic E-state index is 13.9. The molecule has 1 heterocycles. The number of thiazole rings is 1. The highest BCUT2D eigenvalue weighted by atomic mass is 32.2. The molecular formula is C20H20FN3O4S2. The molecule has 2 amide bonds. The Morgan fingerprint density at radius 2 is 1.83 bits per heavy atom. The van der Waals surface area contributed by atoms with Gasteiger partial charge in [0.1, 0.15) is 11.9 Å². The van der Waals surface area contributed by atoms with Crippen molar-refractivity contribution in [2.24, 2.45) is 5.92 Å². The van der Waals surface area contributed by atoms with Crippen LogP contribution in [0, 0.1) is 11.7 Å². The molecule has 3 rings (SSSR count). The lowest BCUT2D eigenvalue weighted by molar-refractivity contribution is -0.118. The van der Waals surface area contributed by atoms with Crippen LogP contribution < -0.4 is 10.6 Å². The summed E-state index contributed by atoms with van der Waals surface area (Å²) in [5, 5.41) is 5.49. The molecule has 0 saturated heterocycles. The van der Waals surface area contributed by atoms with E-state index >= 15 is 0 Å². The zero-order valence-electron chi connectivity index (χ0n) is 16.5. The number of fused-ring (bicyclic) bond motifs is 1. The summed E-state index contributed by atoms with van der Waals surface area (Å²) in [5.74, 6) is -2.14. The maximum Gasteiger partial charge on any atom is 0.254 e. The van der Waals surface area contributed by atoms with E-state index in [4.69, 9.17) is 0 Å². The van der Waals surface area contributed by atoms with Gasteiger partial charge in [0.05, 0.1) is 20.7 Å². The predicted octanol–water partition coefficient (Wildman–Crippen LogP) is 3.23. The molecule has 0 spiro atoms. The van der Waals surface area contributed by atoms with Crippen molar-refractivity contribution in [1.29, 1.82) is 0 Å². The van der Waals surface area contributed by atoms with Crippen molar-refractivity contribution in [3.8, 4) is 0 Å². The first kappa shape index (κ1) is 21.8. The van der Waals surface area contributed by atoms with Crippen molar-refractivity contribution in [3.05, 3.63) is 53.8 Å². The number of nitrogens with one attached hydrogen (secondary N) is 2. The predicted molar refractivity (Wildman–Crippen MR) is 114 cm³/mol. The minimum absolute atomic E-state index is 0.149. The molecule has 3 aromatic rings. The third kappa shape index (κ3) is 4.82. The Kier molecular flexibility index (Phi) is 6.18. The Labute approximate surface area is 177 Å². The fourth-order valence-corrected chi connectivity index (χ4v) is 4.40. The van der Waals surface area contributed by atoms with Gasteiger partial charge in [-0.3, -0.25) is 9.59 Å². The maximum atomic E-state index is 13.9. The molecule has 1 atom stereocenters. The average molecular weight is 450 g/mol. The van der Waals surface area contributed by atoms with Gasteiger partial charge in [-0.2, -0.15) is 0 Å². The van der Waals surface area contributed by atoms with Crippen molar-refractivity contribution in [2.75, 3.05) is 11.6 Å². The second-order valence-electron chi connectivity index (χ2n) is 7.08. The Bertz CT molecular complexity index is 1220. The van der Waals surface area contributed by atoms with Gasteiger partial charge < -0.3 is 10.6 Å². The number of carbonyl (C=O) groups is 2. The first-order valence-corrected chi connectivity index (χ1v) is 11.7. The highest BCUT2D eigenvalue weighted by Crippen LogP contribution is 2.28. The molecule has 0 radical (unpaired) electrons. The van der Waals surface area contributed by atoms with Crippen LogP contribution in [-0.2, 0) is 14.6 Å². The fraction of sp³-hybridized carbons (Fsp3) is 0.250. The summed E-state index contributed by atoms with van der Waals surface area (Å²) in [6, 6.07) is 9.12. The monoisotopic (exact) mass is 449 g/mol. The Morgan fingerprint density at radius 1 is 1.13 bits per heavy atom. The zero-order valence-corrected chi connectivity index (χ0v) is 18.1. The molecule has 7 nitrogen and oxygen atoms in total. The summed E-state index contributed by atoms with van der Waals surface area (Å²) >= 11 is 1.12. The SMILES string of the molecule is CC(C)[C@H](NC(=O)c1ccccc1F)C(=O)Nc1nc2ccc(S(C)(=O)=O)cc2s1. The van der Waals surface area contributed by atoms with Crippen molar-refractivity contribution >= 4 is 48.3 Å². The minimum atomic E-state index is -3.36. The van der Waals surface area contributed by atoms with Gasteiger partial charge in [0.2, 0.25) is 5.91 Å². The van der Waals surface area contributed by atoms with Crippen LogP contribution in [0.4, 0.5) is 9.52 Å². The molecule has 0 aliphatic carbocycles. The minimum Gasteiger partial charge on any atom is -0.340 e. The van der Waals surface area contributed by atoms with Crippen molar-refractivity contribution in [3.63, 3.8) is 0 Å². The van der Waals surface area contributed by atoms with E-state index in [0.717, 1.165) is 17.6 Å². The summed E-state index contributed by atoms with van der Waals surface area (Å²) in [4.78, 5) is 29.6. The van der Waals surface area contributed by atoms with Crippen molar-refractivity contribution in [2.45, 2.75) is 24.8 Å². The molecule has 0 saturated carbocycles. The highest BCUT2D eigenvalue weighted by molar-refractivity contribution is 7.90. The van der Waals surface area contributed by atoms with Gasteiger partial charge in [0.15, 0.2) is 15.0 Å². The molecule has 30 heavy (non-hydrogen) atoms. The van der Waals surface area contributed by atoms with E-state index in [1.54, 1.807) is 19.9 Å². The van der Waals surface area contributed by atoms with Crippen molar-refractivity contribution in [1.82, 2.24) is 10.3 Å². The number of amides is 2. The van der Waals surface area contributed by atoms with E-state index in [1.165, 1.54) is 36.4 Å². The second kappa shape index (κ2) is 8.49. The molecule has 1 aromatic heterocycles. The lowest BCUT2D eigenvalue weighted by Gasteiger charge is -2.21. The second-order valence-corrected chi connectivity index (χ2v) is 10.1. The Hall–Kier alpha value is -2.85. The Balaban J connectivity index is 1.79. The number of hydrogen-bond donors (Lipinski definition) is 2. The van der Waals surface area contributed by atoms with Crippen LogP contribution in [0.5, 0.6) is 0 Å². The number of nitrogens with zero attached hydrogens (tertiary/aromatic N) is 1. The molecule has 0 unspecified atom stereocenters. The van der Waals surface area contributed by atoms with Crippen LogP contribution in [0.15, 0.2) is 47.4 Å². The van der Waals surface area contributed by atoms with Gasteiger partial charge in [-0.05, 0) is 36.2 Å². The van der Waals surface area contributed by atoms with Gasteiger partial charge in [-0.15, -0.1) is 0 Å². The van der Waals surface area contributed by atoms with Crippen LogP contribution in [0.3, 0.4) is 0 Å². The fourth-order valence-electron chi connectivity index (χ4n) is 2.77. The number of halogens is 1. The molecular weight excluding hydrogens is 429 g/mol. The van der Waals surface area contributed by atoms with Crippen LogP contribution in [0.2, 0.25) is 0 Å². The molecule has 0 aliphatic rings. The van der Waals surface area contributed by atoms with E-state index in [9.17, 15) is 22.4 Å². The summed E-state index contributed by atoms with van der Waals surface area (Å²) < 4.78 is 37.9. The third-order valence-corrected chi connectivity index (χ3v) is 6.42. The number of aromatic nitrogens is 1. The number of rotatable bonds is 6. The summed E-state index contributed by atoms with van der Waals surface area (Å²) in [6.45, 7) is 3.51. The van der Waals surface area contributed by atoms with Gasteiger partial charge in [0.25, 0.3) is 5.91 Å². The van der Waals surface area contributed by atoms with E-state index in [1.807, 2.05) is 0 Å². The summed E-state index contributed by atoms with van der Waals surface area (Å²) in [5.41, 5.74) is 0.392. The number of carbonyl (C=O) groups excluding carboxylic acids is 2. The average Bonchev–Trinajstić information content (AvgIpc) is 3.06. The number of sulfone groups is 1. The topological polar surface area (TPSA) is 105 Å². The molecule has 2 N–H and O–H groups in total. The molecule has 0 bridgehead atoms. The smallest absolute Gasteiger partial charge is 0.254 e. The normalized spacial score (nSPS) is 12.7. The van der Waals surface area contributed by atoms with Crippen molar-refractivity contribution < 1.29 is 22.4 Å². The van der Waals surface area contributed by atoms with Gasteiger partial charge in [-0.25, -0.2) is 17.8 Å². The largest absolute Gasteiger partial charge is 0.340 e. The van der Waals surface area contributed by atoms with E-state index < -0.39 is 33.5 Å². The van der Waals surface area contributed by atoms with Crippen LogP contribution >= 0.6 is 11.3 Å². The number of hydrogen-bond acceptors (Lipinski definition) is 6.